The number of benzene rings is 1. The van der Waals surface area contributed by atoms with Crippen LogP contribution in [0.15, 0.2) is 36.5 Å². The molecule has 1 saturated heterocycles. The highest BCUT2D eigenvalue weighted by molar-refractivity contribution is 6.62. The summed E-state index contributed by atoms with van der Waals surface area (Å²) in [5.74, 6) is -3.62. The van der Waals surface area contributed by atoms with Crippen LogP contribution < -0.4 is 10.8 Å². The van der Waals surface area contributed by atoms with E-state index < -0.39 is 35.8 Å². The van der Waals surface area contributed by atoms with Gasteiger partial charge >= 0.3 is 7.12 Å². The van der Waals surface area contributed by atoms with Crippen LogP contribution in [0.2, 0.25) is 0 Å². The second-order valence-electron chi connectivity index (χ2n) is 8.43. The van der Waals surface area contributed by atoms with Crippen LogP contribution in [0, 0.1) is 6.92 Å². The number of nitrogens with zero attached hydrogens (tertiary/aromatic N) is 1. The SMILES string of the molecule is Cc1ccc(NC(=O)c2ccnc(C(C)(F)F)c2)cc1B1OC(C)(C)C(C)(C)O1. The second-order valence-corrected chi connectivity index (χ2v) is 8.43. The lowest BCUT2D eigenvalue weighted by atomic mass is 9.76. The summed E-state index contributed by atoms with van der Waals surface area (Å²) in [6.45, 7) is 10.6. The van der Waals surface area contributed by atoms with Crippen LogP contribution in [0.1, 0.15) is 56.2 Å². The zero-order valence-electron chi connectivity index (χ0n) is 17.5. The van der Waals surface area contributed by atoms with Crippen molar-refractivity contribution in [3.8, 4) is 0 Å². The van der Waals surface area contributed by atoms with Gasteiger partial charge in [0.15, 0.2) is 0 Å². The van der Waals surface area contributed by atoms with Crippen molar-refractivity contribution in [2.75, 3.05) is 5.32 Å². The molecule has 0 aliphatic carbocycles. The second kappa shape index (κ2) is 7.18. The number of amides is 1. The van der Waals surface area contributed by atoms with E-state index in [0.717, 1.165) is 24.0 Å². The molecule has 0 bridgehead atoms. The maximum absolute atomic E-state index is 13.5. The molecule has 0 saturated carbocycles. The maximum Gasteiger partial charge on any atom is 0.495 e. The standard InChI is InChI=1S/C21H25BF2N2O3/c1-13-7-8-15(12-16(13)22-28-19(2,3)20(4,5)29-22)26-18(27)14-9-10-25-17(11-14)21(6,23)24/h7-12H,1-6H3,(H,26,27). The molecule has 2 heterocycles. The lowest BCUT2D eigenvalue weighted by Crippen LogP contribution is -2.41. The van der Waals surface area contributed by atoms with E-state index in [1.165, 1.54) is 12.3 Å². The van der Waals surface area contributed by atoms with Gasteiger partial charge in [-0.2, -0.15) is 8.78 Å². The summed E-state index contributed by atoms with van der Waals surface area (Å²) in [6, 6.07) is 7.88. The minimum absolute atomic E-state index is 0.106. The largest absolute Gasteiger partial charge is 0.495 e. The van der Waals surface area contributed by atoms with Gasteiger partial charge < -0.3 is 14.6 Å². The Labute approximate surface area is 170 Å². The van der Waals surface area contributed by atoms with Crippen LogP contribution in [0.4, 0.5) is 14.5 Å². The van der Waals surface area contributed by atoms with Gasteiger partial charge in [-0.1, -0.05) is 11.6 Å². The first-order valence-electron chi connectivity index (χ1n) is 9.42. The third-order valence-corrected chi connectivity index (χ3v) is 5.52. The van der Waals surface area contributed by atoms with Crippen LogP contribution in [-0.4, -0.2) is 29.2 Å². The van der Waals surface area contributed by atoms with Gasteiger partial charge in [0.2, 0.25) is 0 Å². The normalized spacial score (nSPS) is 18.0. The van der Waals surface area contributed by atoms with E-state index >= 15 is 0 Å². The van der Waals surface area contributed by atoms with Crippen molar-refractivity contribution in [3.63, 3.8) is 0 Å². The number of anilines is 1. The molecule has 1 aromatic carbocycles. The van der Waals surface area contributed by atoms with Gasteiger partial charge in [-0.25, -0.2) is 0 Å². The lowest BCUT2D eigenvalue weighted by Gasteiger charge is -2.32. The number of carbonyl (C=O) groups excluding carboxylic acids is 1. The average Bonchev–Trinajstić information content (AvgIpc) is 2.83. The van der Waals surface area contributed by atoms with Gasteiger partial charge in [0.25, 0.3) is 11.8 Å². The summed E-state index contributed by atoms with van der Waals surface area (Å²) in [7, 11) is -0.567. The van der Waals surface area contributed by atoms with Crippen LogP contribution in [0.25, 0.3) is 0 Å². The molecule has 2 aromatic rings. The Morgan fingerprint density at radius 1 is 1.10 bits per heavy atom. The lowest BCUT2D eigenvalue weighted by molar-refractivity contribution is 0.00578. The Hall–Kier alpha value is -2.32. The Kier molecular flexibility index (Phi) is 5.30. The first-order chi connectivity index (χ1) is 13.3. The van der Waals surface area contributed by atoms with Crippen molar-refractivity contribution < 1.29 is 22.9 Å². The molecular formula is C21H25BF2N2O3. The molecule has 5 nitrogen and oxygen atoms in total. The first-order valence-corrected chi connectivity index (χ1v) is 9.42. The van der Waals surface area contributed by atoms with Crippen molar-refractivity contribution in [2.24, 2.45) is 0 Å². The molecule has 8 heteroatoms. The number of hydrogen-bond donors (Lipinski definition) is 1. The summed E-state index contributed by atoms with van der Waals surface area (Å²) in [6.07, 6.45) is 1.20. The number of pyridine rings is 1. The van der Waals surface area contributed by atoms with E-state index in [9.17, 15) is 13.6 Å². The molecule has 0 spiro atoms. The fraction of sp³-hybridized carbons (Fsp3) is 0.429. The number of carbonyl (C=O) groups is 1. The maximum atomic E-state index is 13.5. The average molecular weight is 402 g/mol. The van der Waals surface area contributed by atoms with E-state index in [1.54, 1.807) is 12.1 Å². The van der Waals surface area contributed by atoms with Crippen LogP contribution in [0.5, 0.6) is 0 Å². The molecule has 1 aromatic heterocycles. The van der Waals surface area contributed by atoms with Gasteiger partial charge in [-0.15, -0.1) is 0 Å². The summed E-state index contributed by atoms with van der Waals surface area (Å²) >= 11 is 0. The fourth-order valence-electron chi connectivity index (χ4n) is 2.96. The molecular weight excluding hydrogens is 377 g/mol. The van der Waals surface area contributed by atoms with Crippen molar-refractivity contribution in [1.82, 2.24) is 4.98 Å². The third-order valence-electron chi connectivity index (χ3n) is 5.52. The van der Waals surface area contributed by atoms with E-state index in [2.05, 4.69) is 10.3 Å². The summed E-state index contributed by atoms with van der Waals surface area (Å²) in [5.41, 5.74) is 0.966. The van der Waals surface area contributed by atoms with E-state index in [1.807, 2.05) is 40.7 Å². The zero-order chi connectivity index (χ0) is 21.6. The number of aryl methyl sites for hydroxylation is 1. The van der Waals surface area contributed by atoms with Gasteiger partial charge in [0.05, 0.1) is 11.2 Å². The van der Waals surface area contributed by atoms with Crippen molar-refractivity contribution in [3.05, 3.63) is 53.3 Å². The highest BCUT2D eigenvalue weighted by atomic mass is 19.3. The number of alkyl halides is 2. The Bertz CT molecular complexity index is 926. The summed E-state index contributed by atoms with van der Waals surface area (Å²) < 4.78 is 39.2. The quantitative estimate of drug-likeness (QED) is 0.784. The highest BCUT2D eigenvalue weighted by Gasteiger charge is 2.52. The molecule has 29 heavy (non-hydrogen) atoms. The predicted octanol–water partition coefficient (Wildman–Crippen LogP) is 4.05. The molecule has 1 fully saturated rings. The molecule has 154 valence electrons. The smallest absolute Gasteiger partial charge is 0.399 e. The van der Waals surface area contributed by atoms with Crippen LogP contribution in [-0.2, 0) is 15.2 Å². The molecule has 0 radical (unpaired) electrons. The number of hydrogen-bond acceptors (Lipinski definition) is 4. The first kappa shape index (κ1) is 21.4. The fourth-order valence-corrected chi connectivity index (χ4v) is 2.96. The summed E-state index contributed by atoms with van der Waals surface area (Å²) in [5, 5.41) is 2.75. The molecule has 1 aliphatic rings. The predicted molar refractivity (Wildman–Crippen MR) is 109 cm³/mol. The molecule has 1 amide bonds. The Morgan fingerprint density at radius 2 is 1.72 bits per heavy atom. The van der Waals surface area contributed by atoms with Crippen LogP contribution in [0.3, 0.4) is 0 Å². The van der Waals surface area contributed by atoms with E-state index in [0.29, 0.717) is 5.69 Å². The minimum Gasteiger partial charge on any atom is -0.399 e. The monoisotopic (exact) mass is 402 g/mol. The van der Waals surface area contributed by atoms with E-state index in [-0.39, 0.29) is 5.56 Å². The molecule has 3 rings (SSSR count). The number of nitrogens with one attached hydrogen (secondary N) is 1. The molecule has 1 N–H and O–H groups in total. The van der Waals surface area contributed by atoms with Gasteiger partial charge in [0.1, 0.15) is 5.69 Å². The topological polar surface area (TPSA) is 60.5 Å². The molecule has 0 atom stereocenters. The zero-order valence-corrected chi connectivity index (χ0v) is 17.5. The van der Waals surface area contributed by atoms with Crippen molar-refractivity contribution >= 4 is 24.2 Å². The third kappa shape index (κ3) is 4.33. The van der Waals surface area contributed by atoms with Crippen molar-refractivity contribution in [2.45, 2.75) is 58.7 Å². The number of rotatable bonds is 4. The minimum atomic E-state index is -3.12. The Morgan fingerprint density at radius 3 is 2.31 bits per heavy atom. The molecule has 0 unspecified atom stereocenters. The van der Waals surface area contributed by atoms with Gasteiger partial charge in [0, 0.05) is 24.4 Å². The number of halogens is 2. The van der Waals surface area contributed by atoms with Gasteiger partial charge in [-0.3, -0.25) is 9.78 Å². The van der Waals surface area contributed by atoms with E-state index in [4.69, 9.17) is 9.31 Å². The van der Waals surface area contributed by atoms with Crippen LogP contribution >= 0.6 is 0 Å². The Balaban J connectivity index is 1.83. The summed E-state index contributed by atoms with van der Waals surface area (Å²) in [4.78, 5) is 16.2. The van der Waals surface area contributed by atoms with Gasteiger partial charge in [-0.05, 0) is 64.3 Å². The van der Waals surface area contributed by atoms with Crippen molar-refractivity contribution in [1.29, 1.82) is 0 Å². The highest BCUT2D eigenvalue weighted by Crippen LogP contribution is 2.36. The molecule has 1 aliphatic heterocycles. The number of aromatic nitrogens is 1.